The summed E-state index contributed by atoms with van der Waals surface area (Å²) in [5.74, 6) is 0.285. The van der Waals surface area contributed by atoms with Gasteiger partial charge in [0.1, 0.15) is 4.32 Å². The van der Waals surface area contributed by atoms with E-state index in [1.165, 1.54) is 18.9 Å². The number of ether oxygens (including phenoxy) is 3. The SMILES string of the molecule is CCOC(=O)COc1ccc(/C=C2/SC(=S)N(Cc3ccccc3)C2=O)cc1OC. The van der Waals surface area contributed by atoms with Crippen molar-refractivity contribution < 1.29 is 23.8 Å². The minimum Gasteiger partial charge on any atom is -0.493 e. The van der Waals surface area contributed by atoms with E-state index in [2.05, 4.69) is 0 Å². The van der Waals surface area contributed by atoms with Gasteiger partial charge in [-0.2, -0.15) is 0 Å². The topological polar surface area (TPSA) is 65.1 Å². The summed E-state index contributed by atoms with van der Waals surface area (Å²) in [6.45, 7) is 2.25. The van der Waals surface area contributed by atoms with E-state index in [1.54, 1.807) is 36.1 Å². The van der Waals surface area contributed by atoms with Crippen LogP contribution in [0.5, 0.6) is 11.5 Å². The highest BCUT2D eigenvalue weighted by atomic mass is 32.2. The maximum Gasteiger partial charge on any atom is 0.344 e. The lowest BCUT2D eigenvalue weighted by atomic mass is 10.1. The maximum absolute atomic E-state index is 12.8. The Morgan fingerprint density at radius 1 is 1.17 bits per heavy atom. The molecule has 0 aliphatic carbocycles. The molecule has 1 fully saturated rings. The van der Waals surface area contributed by atoms with Gasteiger partial charge in [-0.15, -0.1) is 0 Å². The minimum atomic E-state index is -0.453. The van der Waals surface area contributed by atoms with Gasteiger partial charge >= 0.3 is 5.97 Å². The molecule has 0 atom stereocenters. The van der Waals surface area contributed by atoms with Crippen LogP contribution in [0.15, 0.2) is 53.4 Å². The fraction of sp³-hybridized carbons (Fsp3) is 0.227. The minimum absolute atomic E-state index is 0.129. The average molecular weight is 444 g/mol. The molecule has 1 heterocycles. The van der Waals surface area contributed by atoms with E-state index in [-0.39, 0.29) is 12.5 Å². The molecule has 3 rings (SSSR count). The number of benzene rings is 2. The quantitative estimate of drug-likeness (QED) is 0.347. The number of hydrogen-bond donors (Lipinski definition) is 0. The molecule has 0 unspecified atom stereocenters. The van der Waals surface area contributed by atoms with Crippen LogP contribution in [0.25, 0.3) is 6.08 Å². The number of thiocarbonyl (C=S) groups is 1. The van der Waals surface area contributed by atoms with E-state index in [4.69, 9.17) is 26.4 Å². The van der Waals surface area contributed by atoms with Crippen LogP contribution in [-0.2, 0) is 20.9 Å². The molecule has 2 aromatic carbocycles. The van der Waals surface area contributed by atoms with Crippen molar-refractivity contribution in [1.82, 2.24) is 4.90 Å². The van der Waals surface area contributed by atoms with E-state index in [1.807, 2.05) is 30.3 Å². The predicted molar refractivity (Wildman–Crippen MR) is 120 cm³/mol. The lowest BCUT2D eigenvalue weighted by molar-refractivity contribution is -0.145. The zero-order chi connectivity index (χ0) is 21.5. The summed E-state index contributed by atoms with van der Waals surface area (Å²) < 4.78 is 16.2. The van der Waals surface area contributed by atoms with Crippen LogP contribution in [0.3, 0.4) is 0 Å². The largest absolute Gasteiger partial charge is 0.493 e. The first-order valence-electron chi connectivity index (χ1n) is 9.27. The lowest BCUT2D eigenvalue weighted by Crippen LogP contribution is -2.27. The van der Waals surface area contributed by atoms with Crippen LogP contribution in [0, 0.1) is 0 Å². The molecule has 0 aromatic heterocycles. The molecule has 1 saturated heterocycles. The molecule has 0 saturated carbocycles. The highest BCUT2D eigenvalue weighted by Crippen LogP contribution is 2.35. The molecule has 1 amide bonds. The van der Waals surface area contributed by atoms with Gasteiger partial charge < -0.3 is 14.2 Å². The third kappa shape index (κ3) is 5.40. The fourth-order valence-electron chi connectivity index (χ4n) is 2.79. The molecule has 1 aliphatic heterocycles. The van der Waals surface area contributed by atoms with E-state index in [0.29, 0.717) is 33.9 Å². The van der Waals surface area contributed by atoms with Gasteiger partial charge in [0, 0.05) is 0 Å². The summed E-state index contributed by atoms with van der Waals surface area (Å²) >= 11 is 6.67. The van der Waals surface area contributed by atoms with Crippen molar-refractivity contribution in [3.8, 4) is 11.5 Å². The molecular weight excluding hydrogens is 422 g/mol. The van der Waals surface area contributed by atoms with Gasteiger partial charge in [0.05, 0.1) is 25.2 Å². The molecular formula is C22H21NO5S2. The molecule has 1 aliphatic rings. The fourth-order valence-corrected chi connectivity index (χ4v) is 4.04. The van der Waals surface area contributed by atoms with Crippen molar-refractivity contribution in [2.45, 2.75) is 13.5 Å². The van der Waals surface area contributed by atoms with Gasteiger partial charge in [0.15, 0.2) is 18.1 Å². The number of hydrogen-bond acceptors (Lipinski definition) is 7. The summed E-state index contributed by atoms with van der Waals surface area (Å²) in [4.78, 5) is 26.4. The van der Waals surface area contributed by atoms with Gasteiger partial charge in [-0.05, 0) is 36.3 Å². The Bertz CT molecular complexity index is 975. The van der Waals surface area contributed by atoms with Gasteiger partial charge in [0.2, 0.25) is 0 Å². The average Bonchev–Trinajstić information content (AvgIpc) is 3.01. The number of methoxy groups -OCH3 is 1. The second-order valence-corrected chi connectivity index (χ2v) is 7.93. The number of thioether (sulfide) groups is 1. The van der Waals surface area contributed by atoms with Crippen LogP contribution in [0.4, 0.5) is 0 Å². The smallest absolute Gasteiger partial charge is 0.344 e. The summed E-state index contributed by atoms with van der Waals surface area (Å²) in [5, 5.41) is 0. The van der Waals surface area contributed by atoms with Crippen molar-refractivity contribution in [2.24, 2.45) is 0 Å². The number of carbonyl (C=O) groups is 2. The predicted octanol–water partition coefficient (Wildman–Crippen LogP) is 4.04. The second kappa shape index (κ2) is 10.3. The van der Waals surface area contributed by atoms with E-state index < -0.39 is 5.97 Å². The van der Waals surface area contributed by atoms with Crippen LogP contribution in [0.2, 0.25) is 0 Å². The molecule has 8 heteroatoms. The second-order valence-electron chi connectivity index (χ2n) is 6.26. The molecule has 156 valence electrons. The molecule has 2 aromatic rings. The number of amides is 1. The Labute approximate surface area is 184 Å². The first kappa shape index (κ1) is 21.9. The molecule has 0 N–H and O–H groups in total. The Balaban J connectivity index is 1.73. The molecule has 30 heavy (non-hydrogen) atoms. The lowest BCUT2D eigenvalue weighted by Gasteiger charge is -2.14. The number of rotatable bonds is 8. The van der Waals surface area contributed by atoms with Crippen LogP contribution >= 0.6 is 24.0 Å². The summed E-state index contributed by atoms with van der Waals surface area (Å²) in [5.41, 5.74) is 1.77. The van der Waals surface area contributed by atoms with Gasteiger partial charge in [-0.3, -0.25) is 9.69 Å². The van der Waals surface area contributed by atoms with Gasteiger partial charge in [-0.25, -0.2) is 4.79 Å². The standard InChI is InChI=1S/C22H21NO5S2/c1-3-27-20(24)14-28-17-10-9-16(11-18(17)26-2)12-19-21(25)23(22(29)30-19)13-15-7-5-4-6-8-15/h4-12H,3,13-14H2,1-2H3/b19-12+. The zero-order valence-electron chi connectivity index (χ0n) is 16.6. The van der Waals surface area contributed by atoms with Crippen LogP contribution < -0.4 is 9.47 Å². The van der Waals surface area contributed by atoms with Crippen LogP contribution in [0.1, 0.15) is 18.1 Å². The van der Waals surface area contributed by atoms with Crippen LogP contribution in [-0.4, -0.2) is 41.4 Å². The third-order valence-corrected chi connectivity index (χ3v) is 5.57. The van der Waals surface area contributed by atoms with E-state index >= 15 is 0 Å². The Morgan fingerprint density at radius 3 is 2.63 bits per heavy atom. The number of nitrogens with zero attached hydrogens (tertiary/aromatic N) is 1. The first-order valence-corrected chi connectivity index (χ1v) is 10.5. The highest BCUT2D eigenvalue weighted by molar-refractivity contribution is 8.26. The summed E-state index contributed by atoms with van der Waals surface area (Å²) in [7, 11) is 1.51. The third-order valence-electron chi connectivity index (χ3n) is 4.19. The molecule has 0 spiro atoms. The Kier molecular flexibility index (Phi) is 7.48. The van der Waals surface area contributed by atoms with Crippen molar-refractivity contribution >= 4 is 46.3 Å². The van der Waals surface area contributed by atoms with Gasteiger partial charge in [0.25, 0.3) is 5.91 Å². The number of carbonyl (C=O) groups excluding carboxylic acids is 2. The normalized spacial score (nSPS) is 14.9. The summed E-state index contributed by atoms with van der Waals surface area (Å²) in [6, 6.07) is 14.9. The van der Waals surface area contributed by atoms with Crippen molar-refractivity contribution in [3.05, 3.63) is 64.6 Å². The number of esters is 1. The summed E-state index contributed by atoms with van der Waals surface area (Å²) in [6.07, 6.45) is 1.77. The monoisotopic (exact) mass is 443 g/mol. The van der Waals surface area contributed by atoms with E-state index in [9.17, 15) is 9.59 Å². The van der Waals surface area contributed by atoms with Crippen molar-refractivity contribution in [3.63, 3.8) is 0 Å². The van der Waals surface area contributed by atoms with Gasteiger partial charge in [-0.1, -0.05) is 60.4 Å². The Hall–Kier alpha value is -2.84. The van der Waals surface area contributed by atoms with Crippen molar-refractivity contribution in [1.29, 1.82) is 0 Å². The molecule has 0 bridgehead atoms. The zero-order valence-corrected chi connectivity index (χ0v) is 18.3. The molecule has 0 radical (unpaired) electrons. The first-order chi connectivity index (χ1) is 14.5. The maximum atomic E-state index is 12.8. The highest BCUT2D eigenvalue weighted by Gasteiger charge is 2.32. The van der Waals surface area contributed by atoms with Crippen molar-refractivity contribution in [2.75, 3.05) is 20.3 Å². The Morgan fingerprint density at radius 2 is 1.93 bits per heavy atom. The van der Waals surface area contributed by atoms with E-state index in [0.717, 1.165) is 11.1 Å². The molecule has 6 nitrogen and oxygen atoms in total.